The van der Waals surface area contributed by atoms with Crippen LogP contribution in [0.25, 0.3) is 0 Å². The molecule has 1 saturated heterocycles. The molecule has 0 aromatic heterocycles. The Balaban J connectivity index is 1.66. The predicted molar refractivity (Wildman–Crippen MR) is 128 cm³/mol. The molecular formula is C23H31N3O7S. The molecule has 1 aliphatic heterocycles. The van der Waals surface area contributed by atoms with Gasteiger partial charge in [0.1, 0.15) is 23.0 Å². The van der Waals surface area contributed by atoms with Crippen LogP contribution in [-0.4, -0.2) is 79.8 Å². The van der Waals surface area contributed by atoms with Gasteiger partial charge in [-0.1, -0.05) is 0 Å². The van der Waals surface area contributed by atoms with Crippen LogP contribution in [0.1, 0.15) is 12.5 Å². The van der Waals surface area contributed by atoms with Gasteiger partial charge in [-0.2, -0.15) is 18.4 Å². The van der Waals surface area contributed by atoms with Gasteiger partial charge in [-0.25, -0.2) is 0 Å². The Morgan fingerprint density at radius 2 is 1.79 bits per heavy atom. The Bertz CT molecular complexity index is 1070. The highest BCUT2D eigenvalue weighted by Crippen LogP contribution is 2.29. The van der Waals surface area contributed by atoms with E-state index in [1.54, 1.807) is 24.3 Å². The topological polar surface area (TPSA) is 108 Å². The van der Waals surface area contributed by atoms with Crippen molar-refractivity contribution in [2.45, 2.75) is 11.8 Å². The molecule has 0 radical (unpaired) electrons. The van der Waals surface area contributed by atoms with E-state index < -0.39 is 10.0 Å². The quantitative estimate of drug-likeness (QED) is 0.354. The van der Waals surface area contributed by atoms with Crippen molar-refractivity contribution >= 4 is 16.2 Å². The molecule has 1 N–H and O–H groups in total. The molecule has 0 spiro atoms. The van der Waals surface area contributed by atoms with Gasteiger partial charge >= 0.3 is 0 Å². The van der Waals surface area contributed by atoms with E-state index in [2.05, 4.69) is 14.8 Å². The molecule has 1 aliphatic rings. The average Bonchev–Trinajstić information content (AvgIpc) is 2.85. The Morgan fingerprint density at radius 3 is 2.50 bits per heavy atom. The normalized spacial score (nSPS) is 14.7. The molecular weight excluding hydrogens is 462 g/mol. The molecule has 0 bridgehead atoms. The Kier molecular flexibility index (Phi) is 9.37. The summed E-state index contributed by atoms with van der Waals surface area (Å²) in [5, 5.41) is 3.90. The first-order valence-electron chi connectivity index (χ1n) is 10.9. The van der Waals surface area contributed by atoms with E-state index in [0.717, 1.165) is 32.8 Å². The van der Waals surface area contributed by atoms with Crippen molar-refractivity contribution in [3.8, 4) is 23.0 Å². The third-order valence-electron chi connectivity index (χ3n) is 5.08. The number of benzene rings is 2. The summed E-state index contributed by atoms with van der Waals surface area (Å²) >= 11 is 0. The van der Waals surface area contributed by atoms with Crippen molar-refractivity contribution < 1.29 is 32.1 Å². The number of nitrogens with one attached hydrogen (secondary N) is 1. The fraction of sp³-hybridized carbons (Fsp3) is 0.435. The third-order valence-corrected chi connectivity index (χ3v) is 6.33. The largest absolute Gasteiger partial charge is 0.497 e. The maximum atomic E-state index is 12.7. The van der Waals surface area contributed by atoms with E-state index in [0.29, 0.717) is 36.0 Å². The highest BCUT2D eigenvalue weighted by molar-refractivity contribution is 7.89. The van der Waals surface area contributed by atoms with E-state index in [1.807, 2.05) is 6.92 Å². The van der Waals surface area contributed by atoms with E-state index in [1.165, 1.54) is 32.6 Å². The van der Waals surface area contributed by atoms with Crippen LogP contribution in [0.3, 0.4) is 0 Å². The first kappa shape index (κ1) is 25.6. The molecule has 1 heterocycles. The minimum atomic E-state index is -3.98. The molecule has 0 amide bonds. The van der Waals surface area contributed by atoms with Gasteiger partial charge in [0.25, 0.3) is 10.0 Å². The lowest BCUT2D eigenvalue weighted by Crippen LogP contribution is -2.38. The van der Waals surface area contributed by atoms with E-state index in [-0.39, 0.29) is 10.6 Å². The van der Waals surface area contributed by atoms with Crippen molar-refractivity contribution in [3.05, 3.63) is 42.0 Å². The molecule has 2 aromatic rings. The number of hydrogen-bond donors (Lipinski definition) is 1. The lowest BCUT2D eigenvalue weighted by Gasteiger charge is -2.26. The second kappa shape index (κ2) is 12.4. The standard InChI is InChI=1S/C23H31N3O7S/c1-4-32-22-15-18(5-7-20(22)33-14-11-26-9-12-31-13-10-26)17-24-25-34(27,28)23-16-19(29-2)6-8-21(23)30-3/h5-8,15-17,25H,4,9-14H2,1-3H3/b24-17-. The number of rotatable bonds is 12. The SMILES string of the molecule is CCOc1cc(/C=N\NS(=O)(=O)c2cc(OC)ccc2OC)ccc1OCCN1CCOCC1. The van der Waals surface area contributed by atoms with Crippen molar-refractivity contribution in [2.24, 2.45) is 5.10 Å². The molecule has 1 fully saturated rings. The van der Waals surface area contributed by atoms with Gasteiger partial charge in [-0.3, -0.25) is 4.90 Å². The fourth-order valence-electron chi connectivity index (χ4n) is 3.32. The van der Waals surface area contributed by atoms with Crippen LogP contribution in [0.2, 0.25) is 0 Å². The molecule has 11 heteroatoms. The summed E-state index contributed by atoms with van der Waals surface area (Å²) in [5.74, 6) is 1.75. The first-order chi connectivity index (χ1) is 16.5. The number of ether oxygens (including phenoxy) is 5. The molecule has 3 rings (SSSR count). The summed E-state index contributed by atoms with van der Waals surface area (Å²) in [6.07, 6.45) is 1.39. The third kappa shape index (κ3) is 6.99. The van der Waals surface area contributed by atoms with Crippen LogP contribution in [0.4, 0.5) is 0 Å². The average molecular weight is 494 g/mol. The van der Waals surface area contributed by atoms with Crippen molar-refractivity contribution in [2.75, 3.05) is 60.3 Å². The first-order valence-corrected chi connectivity index (χ1v) is 12.4. The van der Waals surface area contributed by atoms with Crippen LogP contribution in [0, 0.1) is 0 Å². The van der Waals surface area contributed by atoms with Gasteiger partial charge in [0.2, 0.25) is 0 Å². The van der Waals surface area contributed by atoms with Gasteiger partial charge in [0, 0.05) is 25.7 Å². The second-order valence-electron chi connectivity index (χ2n) is 7.31. The van der Waals surface area contributed by atoms with Crippen LogP contribution in [0.5, 0.6) is 23.0 Å². The lowest BCUT2D eigenvalue weighted by molar-refractivity contribution is 0.0321. The fourth-order valence-corrected chi connectivity index (χ4v) is 4.29. The predicted octanol–water partition coefficient (Wildman–Crippen LogP) is 2.13. The smallest absolute Gasteiger partial charge is 0.280 e. The van der Waals surface area contributed by atoms with Crippen molar-refractivity contribution in [3.63, 3.8) is 0 Å². The zero-order valence-electron chi connectivity index (χ0n) is 19.7. The van der Waals surface area contributed by atoms with Crippen LogP contribution < -0.4 is 23.8 Å². The van der Waals surface area contributed by atoms with Crippen LogP contribution >= 0.6 is 0 Å². The van der Waals surface area contributed by atoms with Crippen LogP contribution in [-0.2, 0) is 14.8 Å². The molecule has 2 aromatic carbocycles. The summed E-state index contributed by atoms with van der Waals surface area (Å²) in [7, 11) is -1.13. The van der Waals surface area contributed by atoms with Crippen molar-refractivity contribution in [1.29, 1.82) is 0 Å². The molecule has 0 aliphatic carbocycles. The minimum absolute atomic E-state index is 0.0782. The Morgan fingerprint density at radius 1 is 1.03 bits per heavy atom. The summed E-state index contributed by atoms with van der Waals surface area (Å²) < 4.78 is 52.7. The van der Waals surface area contributed by atoms with E-state index in [9.17, 15) is 8.42 Å². The lowest BCUT2D eigenvalue weighted by atomic mass is 10.2. The number of hydrazone groups is 1. The summed E-state index contributed by atoms with van der Waals surface area (Å²) in [6.45, 7) is 6.95. The number of sulfonamides is 1. The molecule has 186 valence electrons. The van der Waals surface area contributed by atoms with Gasteiger partial charge in [0.15, 0.2) is 11.5 Å². The van der Waals surface area contributed by atoms with Gasteiger partial charge in [0.05, 0.1) is 40.3 Å². The van der Waals surface area contributed by atoms with E-state index in [4.69, 9.17) is 23.7 Å². The molecule has 34 heavy (non-hydrogen) atoms. The van der Waals surface area contributed by atoms with Crippen molar-refractivity contribution in [1.82, 2.24) is 9.73 Å². The highest BCUT2D eigenvalue weighted by atomic mass is 32.2. The molecule has 0 saturated carbocycles. The highest BCUT2D eigenvalue weighted by Gasteiger charge is 2.20. The summed E-state index contributed by atoms with van der Waals surface area (Å²) in [6, 6.07) is 9.80. The zero-order valence-corrected chi connectivity index (χ0v) is 20.5. The van der Waals surface area contributed by atoms with Gasteiger partial charge in [-0.15, -0.1) is 0 Å². The number of methoxy groups -OCH3 is 2. The molecule has 0 atom stereocenters. The second-order valence-corrected chi connectivity index (χ2v) is 8.94. The molecule has 10 nitrogen and oxygen atoms in total. The Labute approximate surface area is 200 Å². The summed E-state index contributed by atoms with van der Waals surface area (Å²) in [5.41, 5.74) is 0.643. The number of nitrogens with zero attached hydrogens (tertiary/aromatic N) is 2. The van der Waals surface area contributed by atoms with Gasteiger partial charge < -0.3 is 23.7 Å². The zero-order chi connectivity index (χ0) is 24.4. The van der Waals surface area contributed by atoms with Crippen LogP contribution in [0.15, 0.2) is 46.4 Å². The minimum Gasteiger partial charge on any atom is -0.497 e. The molecule has 0 unspecified atom stereocenters. The number of morpholine rings is 1. The van der Waals surface area contributed by atoms with E-state index >= 15 is 0 Å². The summed E-state index contributed by atoms with van der Waals surface area (Å²) in [4.78, 5) is 4.41. The monoisotopic (exact) mass is 493 g/mol. The Hall–Kier alpha value is -3.02. The number of hydrogen-bond acceptors (Lipinski definition) is 9. The van der Waals surface area contributed by atoms with Gasteiger partial charge in [-0.05, 0) is 42.8 Å². The maximum absolute atomic E-state index is 12.7. The maximum Gasteiger partial charge on any atom is 0.280 e.